The van der Waals surface area contributed by atoms with Gasteiger partial charge in [-0.15, -0.1) is 4.83 Å². The predicted molar refractivity (Wildman–Crippen MR) is 69.7 cm³/mol. The fourth-order valence-corrected chi connectivity index (χ4v) is 2.04. The summed E-state index contributed by atoms with van der Waals surface area (Å²) in [6, 6.07) is 5.45. The molecular formula is C12H16N2O4S. The van der Waals surface area contributed by atoms with Gasteiger partial charge < -0.3 is 0 Å². The molecule has 6 nitrogen and oxygen atoms in total. The molecule has 1 rings (SSSR count). The van der Waals surface area contributed by atoms with E-state index in [1.165, 1.54) is 31.2 Å². The summed E-state index contributed by atoms with van der Waals surface area (Å²) in [5.41, 5.74) is 2.54. The maximum atomic E-state index is 11.8. The summed E-state index contributed by atoms with van der Waals surface area (Å²) in [5.74, 6) is -0.906. The average molecular weight is 284 g/mol. The lowest BCUT2D eigenvalue weighted by atomic mass is 10.2. The smallest absolute Gasteiger partial charge is 0.257 e. The highest BCUT2D eigenvalue weighted by molar-refractivity contribution is 7.89. The standard InChI is InChI=1S/C12H16N2O4S/c1-8(2)12(16)13-14-19(17,18)11-6-4-10(5-7-11)9(3)15/h4-8,14H,1-3H3,(H,13,16). The number of hydrazine groups is 1. The van der Waals surface area contributed by atoms with Crippen LogP contribution in [0.1, 0.15) is 31.1 Å². The van der Waals surface area contributed by atoms with E-state index in [-0.39, 0.29) is 16.6 Å². The zero-order valence-electron chi connectivity index (χ0n) is 10.9. The topological polar surface area (TPSA) is 92.3 Å². The van der Waals surface area contributed by atoms with Crippen molar-refractivity contribution in [2.45, 2.75) is 25.7 Å². The quantitative estimate of drug-likeness (QED) is 0.619. The van der Waals surface area contributed by atoms with Gasteiger partial charge in [0.2, 0.25) is 5.91 Å². The number of nitrogens with one attached hydrogen (secondary N) is 2. The van der Waals surface area contributed by atoms with Crippen molar-refractivity contribution in [2.24, 2.45) is 5.92 Å². The lowest BCUT2D eigenvalue weighted by molar-refractivity contribution is -0.124. The molecule has 0 atom stereocenters. The summed E-state index contributed by atoms with van der Waals surface area (Å²) >= 11 is 0. The van der Waals surface area contributed by atoms with E-state index in [0.29, 0.717) is 5.56 Å². The van der Waals surface area contributed by atoms with Crippen molar-refractivity contribution < 1.29 is 18.0 Å². The molecule has 0 unspecified atom stereocenters. The van der Waals surface area contributed by atoms with Crippen LogP contribution < -0.4 is 10.3 Å². The molecular weight excluding hydrogens is 268 g/mol. The molecule has 2 N–H and O–H groups in total. The van der Waals surface area contributed by atoms with Crippen LogP contribution in [0.3, 0.4) is 0 Å². The van der Waals surface area contributed by atoms with Gasteiger partial charge in [0.25, 0.3) is 10.0 Å². The fourth-order valence-electron chi connectivity index (χ4n) is 1.19. The van der Waals surface area contributed by atoms with Gasteiger partial charge in [0.15, 0.2) is 5.78 Å². The number of carbonyl (C=O) groups excluding carboxylic acids is 2. The first-order valence-corrected chi connectivity index (χ1v) is 7.15. The monoisotopic (exact) mass is 284 g/mol. The van der Waals surface area contributed by atoms with Gasteiger partial charge in [-0.25, -0.2) is 8.42 Å². The van der Waals surface area contributed by atoms with Gasteiger partial charge in [0.05, 0.1) is 4.90 Å². The first-order chi connectivity index (χ1) is 8.74. The Bertz CT molecular complexity index is 576. The van der Waals surface area contributed by atoms with Crippen LogP contribution >= 0.6 is 0 Å². The van der Waals surface area contributed by atoms with E-state index < -0.39 is 15.9 Å². The van der Waals surface area contributed by atoms with Crippen LogP contribution in [0.15, 0.2) is 29.2 Å². The Morgan fingerprint density at radius 1 is 1.11 bits per heavy atom. The molecule has 0 saturated carbocycles. The number of hydrogen-bond acceptors (Lipinski definition) is 4. The first-order valence-electron chi connectivity index (χ1n) is 5.66. The van der Waals surface area contributed by atoms with Gasteiger partial charge in [-0.05, 0) is 19.1 Å². The number of amides is 1. The van der Waals surface area contributed by atoms with E-state index >= 15 is 0 Å². The van der Waals surface area contributed by atoms with E-state index in [0.717, 1.165) is 0 Å². The second-order valence-corrected chi connectivity index (χ2v) is 6.01. The number of benzene rings is 1. The van der Waals surface area contributed by atoms with Gasteiger partial charge in [0, 0.05) is 11.5 Å². The molecule has 0 fully saturated rings. The van der Waals surface area contributed by atoms with Crippen molar-refractivity contribution in [3.8, 4) is 0 Å². The van der Waals surface area contributed by atoms with Gasteiger partial charge in [-0.2, -0.15) is 0 Å². The van der Waals surface area contributed by atoms with Crippen LogP contribution in [0, 0.1) is 5.92 Å². The van der Waals surface area contributed by atoms with Crippen LogP contribution in [0.25, 0.3) is 0 Å². The molecule has 1 aromatic carbocycles. The van der Waals surface area contributed by atoms with Crippen LogP contribution in [0.4, 0.5) is 0 Å². The Hall–Kier alpha value is -1.73. The normalized spacial score (nSPS) is 11.4. The summed E-state index contributed by atoms with van der Waals surface area (Å²) in [7, 11) is -3.82. The van der Waals surface area contributed by atoms with Crippen LogP contribution in [-0.4, -0.2) is 20.1 Å². The minimum absolute atomic E-state index is 0.0263. The van der Waals surface area contributed by atoms with Gasteiger partial charge >= 0.3 is 0 Å². The number of rotatable bonds is 5. The zero-order valence-corrected chi connectivity index (χ0v) is 11.7. The third-order valence-corrected chi connectivity index (χ3v) is 3.67. The molecule has 0 aliphatic heterocycles. The third kappa shape index (κ3) is 4.15. The predicted octanol–water partition coefficient (Wildman–Crippen LogP) is 0.855. The molecule has 1 amide bonds. The highest BCUT2D eigenvalue weighted by atomic mass is 32.2. The van der Waals surface area contributed by atoms with E-state index in [1.807, 2.05) is 4.83 Å². The Balaban J connectivity index is 2.83. The number of Topliss-reactive ketones (excluding diaryl/α,β-unsaturated/α-hetero) is 1. The molecule has 0 spiro atoms. The molecule has 0 aliphatic carbocycles. The third-order valence-electron chi connectivity index (χ3n) is 2.40. The minimum atomic E-state index is -3.82. The fraction of sp³-hybridized carbons (Fsp3) is 0.333. The molecule has 1 aromatic rings. The Morgan fingerprint density at radius 2 is 1.63 bits per heavy atom. The van der Waals surface area contributed by atoms with Crippen molar-refractivity contribution in [3.05, 3.63) is 29.8 Å². The number of ketones is 1. The highest BCUT2D eigenvalue weighted by Crippen LogP contribution is 2.10. The summed E-state index contributed by atoms with van der Waals surface area (Å²) in [5, 5.41) is 0. The zero-order chi connectivity index (χ0) is 14.6. The minimum Gasteiger partial charge on any atom is -0.295 e. The summed E-state index contributed by atoms with van der Waals surface area (Å²) in [4.78, 5) is 24.3. The van der Waals surface area contributed by atoms with Gasteiger partial charge in [0.1, 0.15) is 0 Å². The second kappa shape index (κ2) is 5.94. The molecule has 7 heteroatoms. The maximum Gasteiger partial charge on any atom is 0.257 e. The van der Waals surface area contributed by atoms with Crippen molar-refractivity contribution in [3.63, 3.8) is 0 Å². The lowest BCUT2D eigenvalue weighted by Crippen LogP contribution is -2.43. The molecule has 19 heavy (non-hydrogen) atoms. The molecule has 0 aliphatic rings. The lowest BCUT2D eigenvalue weighted by Gasteiger charge is -2.10. The first kappa shape index (κ1) is 15.3. The van der Waals surface area contributed by atoms with E-state index in [4.69, 9.17) is 0 Å². The second-order valence-electron chi connectivity index (χ2n) is 4.33. The number of carbonyl (C=O) groups is 2. The van der Waals surface area contributed by atoms with Gasteiger partial charge in [-0.3, -0.25) is 15.0 Å². The van der Waals surface area contributed by atoms with Crippen LogP contribution in [0.5, 0.6) is 0 Å². The summed E-state index contributed by atoms with van der Waals surface area (Å²) in [6.07, 6.45) is 0. The molecule has 0 aromatic heterocycles. The highest BCUT2D eigenvalue weighted by Gasteiger charge is 2.16. The molecule has 104 valence electrons. The summed E-state index contributed by atoms with van der Waals surface area (Å²) < 4.78 is 23.7. The van der Waals surface area contributed by atoms with Gasteiger partial charge in [-0.1, -0.05) is 26.0 Å². The molecule has 0 bridgehead atoms. The van der Waals surface area contributed by atoms with E-state index in [2.05, 4.69) is 5.43 Å². The van der Waals surface area contributed by atoms with Crippen LogP contribution in [-0.2, 0) is 14.8 Å². The Kier molecular flexibility index (Phi) is 4.79. The number of hydrogen-bond donors (Lipinski definition) is 2. The molecule has 0 saturated heterocycles. The van der Waals surface area contributed by atoms with Crippen molar-refractivity contribution in [2.75, 3.05) is 0 Å². The maximum absolute atomic E-state index is 11.8. The Labute approximate surface area is 112 Å². The average Bonchev–Trinajstić information content (AvgIpc) is 2.36. The largest absolute Gasteiger partial charge is 0.295 e. The van der Waals surface area contributed by atoms with E-state index in [9.17, 15) is 18.0 Å². The molecule has 0 radical (unpaired) electrons. The van der Waals surface area contributed by atoms with Crippen molar-refractivity contribution >= 4 is 21.7 Å². The number of sulfonamides is 1. The van der Waals surface area contributed by atoms with E-state index in [1.54, 1.807) is 13.8 Å². The SMILES string of the molecule is CC(=O)c1ccc(S(=O)(=O)NNC(=O)C(C)C)cc1. The molecule has 0 heterocycles. The van der Waals surface area contributed by atoms with Crippen LogP contribution in [0.2, 0.25) is 0 Å². The summed E-state index contributed by atoms with van der Waals surface area (Å²) in [6.45, 7) is 4.68. The van der Waals surface area contributed by atoms with Crippen molar-refractivity contribution in [1.29, 1.82) is 0 Å². The van der Waals surface area contributed by atoms with Crippen molar-refractivity contribution in [1.82, 2.24) is 10.3 Å². The Morgan fingerprint density at radius 3 is 2.05 bits per heavy atom.